The van der Waals surface area contributed by atoms with Gasteiger partial charge < -0.3 is 15.1 Å². The van der Waals surface area contributed by atoms with E-state index in [4.69, 9.17) is 21.8 Å². The molecule has 0 spiro atoms. The molecule has 21 heavy (non-hydrogen) atoms. The van der Waals surface area contributed by atoms with Crippen molar-refractivity contribution in [3.05, 3.63) is 53.4 Å². The summed E-state index contributed by atoms with van der Waals surface area (Å²) >= 11 is 5.94. The Bertz CT molecular complexity index is 547. The van der Waals surface area contributed by atoms with Crippen molar-refractivity contribution in [2.45, 2.75) is 6.04 Å². The van der Waals surface area contributed by atoms with E-state index in [0.717, 1.165) is 37.0 Å². The van der Waals surface area contributed by atoms with Gasteiger partial charge in [-0.05, 0) is 36.4 Å². The standard InChI is InChI=1S/C16H20ClN3O/c17-13-3-5-14(6-4-13)19-7-9-20(10-8-19)15(12-18)16-2-1-11-21-16/h1-6,11,15H,7-10,12,18H2. The van der Waals surface area contributed by atoms with E-state index in [2.05, 4.69) is 21.9 Å². The summed E-state index contributed by atoms with van der Waals surface area (Å²) in [6, 6.07) is 12.1. The van der Waals surface area contributed by atoms with Crippen molar-refractivity contribution in [1.29, 1.82) is 0 Å². The van der Waals surface area contributed by atoms with Gasteiger partial charge in [0.1, 0.15) is 5.76 Å². The van der Waals surface area contributed by atoms with Crippen LogP contribution in [-0.2, 0) is 0 Å². The van der Waals surface area contributed by atoms with Crippen molar-refractivity contribution in [1.82, 2.24) is 4.90 Å². The zero-order valence-electron chi connectivity index (χ0n) is 11.9. The third kappa shape index (κ3) is 3.23. The fraction of sp³-hybridized carbons (Fsp3) is 0.375. The maximum atomic E-state index is 5.94. The highest BCUT2D eigenvalue weighted by atomic mass is 35.5. The topological polar surface area (TPSA) is 45.6 Å². The first kappa shape index (κ1) is 14.4. The predicted molar refractivity (Wildman–Crippen MR) is 85.7 cm³/mol. The number of nitrogens with zero attached hydrogens (tertiary/aromatic N) is 2. The molecule has 4 nitrogen and oxygen atoms in total. The lowest BCUT2D eigenvalue weighted by Crippen LogP contribution is -2.49. The average Bonchev–Trinajstić information content (AvgIpc) is 3.04. The second-order valence-corrected chi connectivity index (χ2v) is 5.70. The Kier molecular flexibility index (Phi) is 4.48. The minimum Gasteiger partial charge on any atom is -0.468 e. The predicted octanol–water partition coefficient (Wildman–Crippen LogP) is 2.76. The second kappa shape index (κ2) is 6.52. The van der Waals surface area contributed by atoms with Gasteiger partial charge >= 0.3 is 0 Å². The first-order valence-corrected chi connectivity index (χ1v) is 7.64. The van der Waals surface area contributed by atoms with Gasteiger partial charge in [-0.3, -0.25) is 4.90 Å². The molecule has 3 rings (SSSR count). The van der Waals surface area contributed by atoms with E-state index in [-0.39, 0.29) is 6.04 Å². The normalized spacial score (nSPS) is 17.9. The molecule has 0 amide bonds. The summed E-state index contributed by atoms with van der Waals surface area (Å²) in [5.74, 6) is 0.956. The lowest BCUT2D eigenvalue weighted by Gasteiger charge is -2.39. The second-order valence-electron chi connectivity index (χ2n) is 5.27. The smallest absolute Gasteiger partial charge is 0.122 e. The quantitative estimate of drug-likeness (QED) is 0.943. The van der Waals surface area contributed by atoms with Gasteiger partial charge in [0.15, 0.2) is 0 Å². The molecular formula is C16H20ClN3O. The summed E-state index contributed by atoms with van der Waals surface area (Å²) in [5.41, 5.74) is 7.15. The van der Waals surface area contributed by atoms with Crippen LogP contribution in [0.25, 0.3) is 0 Å². The van der Waals surface area contributed by atoms with Crippen LogP contribution >= 0.6 is 11.6 Å². The Morgan fingerprint density at radius 3 is 2.38 bits per heavy atom. The third-order valence-electron chi connectivity index (χ3n) is 4.04. The molecule has 1 saturated heterocycles. The molecule has 2 N–H and O–H groups in total. The molecule has 2 aromatic rings. The summed E-state index contributed by atoms with van der Waals surface area (Å²) in [6.07, 6.45) is 1.71. The van der Waals surface area contributed by atoms with Crippen LogP contribution in [0.4, 0.5) is 5.69 Å². The first-order valence-electron chi connectivity index (χ1n) is 7.26. The number of hydrogen-bond donors (Lipinski definition) is 1. The van der Waals surface area contributed by atoms with Crippen molar-refractivity contribution in [2.24, 2.45) is 5.73 Å². The van der Waals surface area contributed by atoms with Gasteiger partial charge in [-0.25, -0.2) is 0 Å². The van der Waals surface area contributed by atoms with Gasteiger partial charge in [-0.15, -0.1) is 0 Å². The average molecular weight is 306 g/mol. The van der Waals surface area contributed by atoms with Crippen LogP contribution in [0.5, 0.6) is 0 Å². The molecule has 0 radical (unpaired) electrons. The van der Waals surface area contributed by atoms with Crippen LogP contribution in [0.2, 0.25) is 5.02 Å². The molecule has 0 bridgehead atoms. The Hall–Kier alpha value is -1.49. The molecule has 0 aliphatic carbocycles. The van der Waals surface area contributed by atoms with Crippen LogP contribution in [0, 0.1) is 0 Å². The summed E-state index contributed by atoms with van der Waals surface area (Å²) in [4.78, 5) is 4.77. The van der Waals surface area contributed by atoms with Gasteiger partial charge in [0.25, 0.3) is 0 Å². The highest BCUT2D eigenvalue weighted by Crippen LogP contribution is 2.24. The number of nitrogens with two attached hydrogens (primary N) is 1. The fourth-order valence-corrected chi connectivity index (χ4v) is 3.00. The van der Waals surface area contributed by atoms with Crippen molar-refractivity contribution in [3.63, 3.8) is 0 Å². The van der Waals surface area contributed by atoms with E-state index in [1.54, 1.807) is 6.26 Å². The molecule has 1 unspecified atom stereocenters. The maximum absolute atomic E-state index is 5.94. The maximum Gasteiger partial charge on any atom is 0.122 e. The molecule has 1 fully saturated rings. The molecule has 1 aliphatic heterocycles. The van der Waals surface area contributed by atoms with Crippen molar-refractivity contribution < 1.29 is 4.42 Å². The van der Waals surface area contributed by atoms with E-state index in [1.165, 1.54) is 5.69 Å². The van der Waals surface area contributed by atoms with Gasteiger partial charge in [0.05, 0.1) is 12.3 Å². The van der Waals surface area contributed by atoms with Crippen LogP contribution < -0.4 is 10.6 Å². The van der Waals surface area contributed by atoms with Crippen molar-refractivity contribution >= 4 is 17.3 Å². The van der Waals surface area contributed by atoms with Crippen LogP contribution in [-0.4, -0.2) is 37.6 Å². The van der Waals surface area contributed by atoms with Crippen LogP contribution in [0.15, 0.2) is 47.1 Å². The van der Waals surface area contributed by atoms with Crippen LogP contribution in [0.3, 0.4) is 0 Å². The largest absolute Gasteiger partial charge is 0.468 e. The molecule has 1 aromatic carbocycles. The fourth-order valence-electron chi connectivity index (χ4n) is 2.87. The monoisotopic (exact) mass is 305 g/mol. The van der Waals surface area contributed by atoms with Gasteiger partial charge in [0.2, 0.25) is 0 Å². The van der Waals surface area contributed by atoms with Crippen molar-refractivity contribution in [2.75, 3.05) is 37.6 Å². The Labute approximate surface area is 130 Å². The summed E-state index contributed by atoms with van der Waals surface area (Å²) in [5, 5.41) is 0.776. The molecule has 112 valence electrons. The zero-order chi connectivity index (χ0) is 14.7. The number of rotatable bonds is 4. The number of anilines is 1. The number of piperazine rings is 1. The minimum absolute atomic E-state index is 0.173. The van der Waals surface area contributed by atoms with E-state index < -0.39 is 0 Å². The molecule has 1 atom stereocenters. The molecular weight excluding hydrogens is 286 g/mol. The lowest BCUT2D eigenvalue weighted by molar-refractivity contribution is 0.169. The number of halogens is 1. The Morgan fingerprint density at radius 1 is 1.10 bits per heavy atom. The zero-order valence-corrected chi connectivity index (χ0v) is 12.7. The first-order chi connectivity index (χ1) is 10.3. The molecule has 1 aromatic heterocycles. The lowest BCUT2D eigenvalue weighted by atomic mass is 10.1. The molecule has 1 aliphatic rings. The van der Waals surface area contributed by atoms with E-state index >= 15 is 0 Å². The van der Waals surface area contributed by atoms with E-state index in [9.17, 15) is 0 Å². The number of furan rings is 1. The van der Waals surface area contributed by atoms with Crippen molar-refractivity contribution in [3.8, 4) is 0 Å². The molecule has 0 saturated carbocycles. The third-order valence-corrected chi connectivity index (χ3v) is 4.29. The Balaban J connectivity index is 1.63. The summed E-state index contributed by atoms with van der Waals surface area (Å²) < 4.78 is 5.51. The molecule has 2 heterocycles. The molecule has 5 heteroatoms. The number of hydrogen-bond acceptors (Lipinski definition) is 4. The van der Waals surface area contributed by atoms with Gasteiger partial charge in [0, 0.05) is 43.4 Å². The highest BCUT2D eigenvalue weighted by Gasteiger charge is 2.25. The van der Waals surface area contributed by atoms with Gasteiger partial charge in [-0.1, -0.05) is 11.6 Å². The SMILES string of the molecule is NCC(c1ccco1)N1CCN(c2ccc(Cl)cc2)CC1. The summed E-state index contributed by atoms with van der Waals surface area (Å²) in [6.45, 7) is 4.50. The Morgan fingerprint density at radius 2 is 1.81 bits per heavy atom. The van der Waals surface area contributed by atoms with Gasteiger partial charge in [-0.2, -0.15) is 0 Å². The highest BCUT2D eigenvalue weighted by molar-refractivity contribution is 6.30. The van der Waals surface area contributed by atoms with E-state index in [0.29, 0.717) is 6.54 Å². The number of benzene rings is 1. The van der Waals surface area contributed by atoms with Crippen LogP contribution in [0.1, 0.15) is 11.8 Å². The van der Waals surface area contributed by atoms with E-state index in [1.807, 2.05) is 24.3 Å². The minimum atomic E-state index is 0.173. The summed E-state index contributed by atoms with van der Waals surface area (Å²) in [7, 11) is 0.